The molecular weight excluding hydrogens is 276 g/mol. The van der Waals surface area contributed by atoms with E-state index in [1.807, 2.05) is 26.0 Å². The minimum atomic E-state index is -0.0708. The molecule has 5 heteroatoms. The number of nitrogens with zero attached hydrogens (tertiary/aromatic N) is 4. The summed E-state index contributed by atoms with van der Waals surface area (Å²) in [6.45, 7) is 9.97. The van der Waals surface area contributed by atoms with Crippen LogP contribution in [-0.4, -0.2) is 27.6 Å². The maximum Gasteiger partial charge on any atom is 0.258 e. The van der Waals surface area contributed by atoms with Crippen LogP contribution in [0.3, 0.4) is 0 Å². The maximum atomic E-state index is 12.2. The van der Waals surface area contributed by atoms with Crippen LogP contribution in [0, 0.1) is 13.8 Å². The van der Waals surface area contributed by atoms with Gasteiger partial charge in [0.2, 0.25) is 0 Å². The third kappa shape index (κ3) is 3.53. The van der Waals surface area contributed by atoms with Crippen LogP contribution >= 0.6 is 0 Å². The summed E-state index contributed by atoms with van der Waals surface area (Å²) in [5.41, 5.74) is 1.42. The molecule has 5 nitrogen and oxygen atoms in total. The van der Waals surface area contributed by atoms with E-state index in [0.29, 0.717) is 5.82 Å². The Bertz CT molecular complexity index is 670. The number of aryl methyl sites for hydroxylation is 2. The predicted octanol–water partition coefficient (Wildman–Crippen LogP) is 2.87. The number of hydrogen-bond acceptors (Lipinski definition) is 4. The number of rotatable bonds is 6. The summed E-state index contributed by atoms with van der Waals surface area (Å²) in [6.07, 6.45) is 3.92. The van der Waals surface area contributed by atoms with E-state index in [4.69, 9.17) is 0 Å². The minimum Gasteiger partial charge on any atom is -0.357 e. The molecule has 0 saturated heterocycles. The standard InChI is InChI=1S/C17H24N4O/c1-5-9-20(10-6-2)16-8-7-15(12-18-16)21-14(4)19-13(3)11-17(21)22/h7-8,11-12H,5-6,9-10H2,1-4H3. The van der Waals surface area contributed by atoms with Gasteiger partial charge in [0, 0.05) is 24.8 Å². The van der Waals surface area contributed by atoms with Gasteiger partial charge in [0.1, 0.15) is 11.6 Å². The maximum absolute atomic E-state index is 12.2. The molecule has 0 spiro atoms. The first kappa shape index (κ1) is 16.2. The fourth-order valence-corrected chi connectivity index (χ4v) is 2.63. The molecule has 2 rings (SSSR count). The van der Waals surface area contributed by atoms with E-state index >= 15 is 0 Å². The number of hydrogen-bond donors (Lipinski definition) is 0. The molecule has 0 radical (unpaired) electrons. The van der Waals surface area contributed by atoms with Crippen molar-refractivity contribution in [3.05, 3.63) is 46.3 Å². The average Bonchev–Trinajstić information content (AvgIpc) is 2.47. The molecule has 0 saturated carbocycles. The highest BCUT2D eigenvalue weighted by Gasteiger charge is 2.09. The van der Waals surface area contributed by atoms with E-state index in [9.17, 15) is 4.79 Å². The summed E-state index contributed by atoms with van der Waals surface area (Å²) in [6, 6.07) is 5.46. The lowest BCUT2D eigenvalue weighted by atomic mass is 10.3. The minimum absolute atomic E-state index is 0.0708. The normalized spacial score (nSPS) is 10.7. The number of anilines is 1. The Morgan fingerprint density at radius 3 is 2.32 bits per heavy atom. The summed E-state index contributed by atoms with van der Waals surface area (Å²) in [5, 5.41) is 0. The quantitative estimate of drug-likeness (QED) is 0.823. The van der Waals surface area contributed by atoms with Gasteiger partial charge < -0.3 is 4.90 Å². The van der Waals surface area contributed by atoms with E-state index < -0.39 is 0 Å². The topological polar surface area (TPSA) is 51.0 Å². The Morgan fingerprint density at radius 1 is 1.14 bits per heavy atom. The van der Waals surface area contributed by atoms with Gasteiger partial charge in [0.25, 0.3) is 5.56 Å². The van der Waals surface area contributed by atoms with Gasteiger partial charge >= 0.3 is 0 Å². The van der Waals surface area contributed by atoms with Crippen LogP contribution in [0.4, 0.5) is 5.82 Å². The van der Waals surface area contributed by atoms with Crippen LogP contribution in [0.25, 0.3) is 5.69 Å². The molecular formula is C17H24N4O. The average molecular weight is 300 g/mol. The molecule has 0 aliphatic rings. The fourth-order valence-electron chi connectivity index (χ4n) is 2.63. The molecule has 2 aromatic heterocycles. The van der Waals surface area contributed by atoms with Gasteiger partial charge in [-0.2, -0.15) is 0 Å². The van der Waals surface area contributed by atoms with Crippen molar-refractivity contribution in [2.45, 2.75) is 40.5 Å². The lowest BCUT2D eigenvalue weighted by Gasteiger charge is -2.22. The molecule has 0 fully saturated rings. The molecule has 118 valence electrons. The van der Waals surface area contributed by atoms with Crippen molar-refractivity contribution < 1.29 is 0 Å². The number of pyridine rings is 1. The Labute approximate surface area is 131 Å². The zero-order chi connectivity index (χ0) is 16.1. The van der Waals surface area contributed by atoms with Gasteiger partial charge in [0.05, 0.1) is 11.9 Å². The first-order valence-electron chi connectivity index (χ1n) is 7.85. The Hall–Kier alpha value is -2.17. The van der Waals surface area contributed by atoms with Crippen LogP contribution < -0.4 is 10.5 Å². The zero-order valence-electron chi connectivity index (χ0n) is 13.8. The Morgan fingerprint density at radius 2 is 1.82 bits per heavy atom. The van der Waals surface area contributed by atoms with Crippen LogP contribution in [0.15, 0.2) is 29.2 Å². The second kappa shape index (κ2) is 7.20. The van der Waals surface area contributed by atoms with E-state index in [1.165, 1.54) is 0 Å². The summed E-state index contributed by atoms with van der Waals surface area (Å²) < 4.78 is 1.59. The number of aromatic nitrogens is 3. The first-order chi connectivity index (χ1) is 10.6. The predicted molar refractivity (Wildman–Crippen MR) is 89.9 cm³/mol. The highest BCUT2D eigenvalue weighted by molar-refractivity contribution is 5.43. The van der Waals surface area contributed by atoms with Crippen molar-refractivity contribution in [1.29, 1.82) is 0 Å². The van der Waals surface area contributed by atoms with E-state index in [2.05, 4.69) is 28.7 Å². The second-order valence-corrected chi connectivity index (χ2v) is 5.48. The van der Waals surface area contributed by atoms with Gasteiger partial charge in [-0.15, -0.1) is 0 Å². The molecule has 0 atom stereocenters. The largest absolute Gasteiger partial charge is 0.357 e. The molecule has 22 heavy (non-hydrogen) atoms. The molecule has 0 aliphatic heterocycles. The third-order valence-electron chi connectivity index (χ3n) is 3.52. The second-order valence-electron chi connectivity index (χ2n) is 5.48. The van der Waals surface area contributed by atoms with Gasteiger partial charge in [-0.1, -0.05) is 13.8 Å². The van der Waals surface area contributed by atoms with Crippen molar-refractivity contribution in [2.75, 3.05) is 18.0 Å². The van der Waals surface area contributed by atoms with Crippen LogP contribution in [0.1, 0.15) is 38.2 Å². The molecule has 0 amide bonds. The van der Waals surface area contributed by atoms with Crippen molar-refractivity contribution in [2.24, 2.45) is 0 Å². The summed E-state index contributed by atoms with van der Waals surface area (Å²) in [5.74, 6) is 1.64. The van der Waals surface area contributed by atoms with Gasteiger partial charge in [0.15, 0.2) is 0 Å². The van der Waals surface area contributed by atoms with Crippen molar-refractivity contribution in [1.82, 2.24) is 14.5 Å². The monoisotopic (exact) mass is 300 g/mol. The molecule has 0 N–H and O–H groups in total. The van der Waals surface area contributed by atoms with Crippen molar-refractivity contribution in [3.63, 3.8) is 0 Å². The summed E-state index contributed by atoms with van der Waals surface area (Å²) in [7, 11) is 0. The zero-order valence-corrected chi connectivity index (χ0v) is 13.8. The first-order valence-corrected chi connectivity index (χ1v) is 7.85. The molecule has 2 heterocycles. The van der Waals surface area contributed by atoms with Gasteiger partial charge in [-0.3, -0.25) is 9.36 Å². The van der Waals surface area contributed by atoms with Gasteiger partial charge in [-0.25, -0.2) is 9.97 Å². The SMILES string of the molecule is CCCN(CCC)c1ccc(-n2c(C)nc(C)cc2=O)cn1. The van der Waals surface area contributed by atoms with Crippen molar-refractivity contribution in [3.8, 4) is 5.69 Å². The summed E-state index contributed by atoms with van der Waals surface area (Å²) in [4.78, 5) is 23.3. The highest BCUT2D eigenvalue weighted by Crippen LogP contribution is 2.14. The molecule has 0 aromatic carbocycles. The Kier molecular flexibility index (Phi) is 5.31. The van der Waals surface area contributed by atoms with Crippen LogP contribution in [0.5, 0.6) is 0 Å². The van der Waals surface area contributed by atoms with E-state index in [0.717, 1.165) is 43.1 Å². The van der Waals surface area contributed by atoms with Gasteiger partial charge in [-0.05, 0) is 38.8 Å². The van der Waals surface area contributed by atoms with Crippen molar-refractivity contribution >= 4 is 5.82 Å². The molecule has 2 aromatic rings. The summed E-state index contributed by atoms with van der Waals surface area (Å²) >= 11 is 0. The van der Waals surface area contributed by atoms with Crippen LogP contribution in [-0.2, 0) is 0 Å². The molecule has 0 aliphatic carbocycles. The fraction of sp³-hybridized carbons (Fsp3) is 0.471. The lowest BCUT2D eigenvalue weighted by molar-refractivity contribution is 0.733. The van der Waals surface area contributed by atoms with E-state index in [1.54, 1.807) is 16.8 Å². The molecule has 0 unspecified atom stereocenters. The third-order valence-corrected chi connectivity index (χ3v) is 3.52. The highest BCUT2D eigenvalue weighted by atomic mass is 16.1. The van der Waals surface area contributed by atoms with E-state index in [-0.39, 0.29) is 5.56 Å². The smallest absolute Gasteiger partial charge is 0.258 e. The Balaban J connectivity index is 2.35. The molecule has 0 bridgehead atoms. The van der Waals surface area contributed by atoms with Crippen LogP contribution in [0.2, 0.25) is 0 Å². The lowest BCUT2D eigenvalue weighted by Crippen LogP contribution is -2.26.